The van der Waals surface area contributed by atoms with Crippen LogP contribution >= 0.6 is 0 Å². The number of hydrogen-bond donors (Lipinski definition) is 0. The fourth-order valence-corrected chi connectivity index (χ4v) is 0.967. The van der Waals surface area contributed by atoms with Crippen molar-refractivity contribution in [1.29, 1.82) is 0 Å². The van der Waals surface area contributed by atoms with Crippen LogP contribution in [0.2, 0.25) is 0 Å². The fraction of sp³-hybridized carbons (Fsp3) is 0.364. The summed E-state index contributed by atoms with van der Waals surface area (Å²) in [4.78, 5) is 0. The largest absolute Gasteiger partial charge is 0.269 e. The normalized spacial score (nSPS) is 12.5. The molecule has 0 saturated carbocycles. The van der Waals surface area contributed by atoms with Crippen molar-refractivity contribution in [1.82, 2.24) is 9.78 Å². The van der Waals surface area contributed by atoms with Crippen LogP contribution < -0.4 is 10.6 Å². The van der Waals surface area contributed by atoms with Crippen molar-refractivity contribution in [3.05, 3.63) is 28.9 Å². The van der Waals surface area contributed by atoms with Crippen LogP contribution in [0.1, 0.15) is 13.8 Å². The molecule has 0 bridgehead atoms. The van der Waals surface area contributed by atoms with Crippen molar-refractivity contribution < 1.29 is 0 Å². The first-order valence-corrected chi connectivity index (χ1v) is 4.40. The van der Waals surface area contributed by atoms with Crippen molar-refractivity contribution >= 4 is 12.7 Å². The highest BCUT2D eigenvalue weighted by Crippen LogP contribution is 2.06. The molecule has 0 aliphatic rings. The van der Waals surface area contributed by atoms with Crippen LogP contribution in [0.15, 0.2) is 18.3 Å². The van der Waals surface area contributed by atoms with Gasteiger partial charge in [0.1, 0.15) is 0 Å². The van der Waals surface area contributed by atoms with Crippen molar-refractivity contribution in [3.63, 3.8) is 0 Å². The molecular formula is C11H16N2. The van der Waals surface area contributed by atoms with Crippen LogP contribution in [0, 0.1) is 5.92 Å². The van der Waals surface area contributed by atoms with Gasteiger partial charge in [0.05, 0.1) is 11.5 Å². The minimum absolute atomic E-state index is 0.472. The molecular weight excluding hydrogens is 160 g/mol. The van der Waals surface area contributed by atoms with Crippen LogP contribution in [0.3, 0.4) is 0 Å². The molecule has 2 nitrogen and oxygen atoms in total. The fourth-order valence-electron chi connectivity index (χ4n) is 0.967. The smallest absolute Gasteiger partial charge is 0.0607 e. The third-order valence-corrected chi connectivity index (χ3v) is 2.18. The van der Waals surface area contributed by atoms with Gasteiger partial charge in [-0.05, 0) is 12.0 Å². The number of allylic oxidation sites excluding steroid dienone is 1. The van der Waals surface area contributed by atoms with Gasteiger partial charge in [0.15, 0.2) is 0 Å². The van der Waals surface area contributed by atoms with Gasteiger partial charge in [0.25, 0.3) is 0 Å². The first-order valence-electron chi connectivity index (χ1n) is 4.40. The molecule has 0 spiro atoms. The monoisotopic (exact) mass is 176 g/mol. The zero-order chi connectivity index (χ0) is 10.0. The Balaban J connectivity index is 3.16. The summed E-state index contributed by atoms with van der Waals surface area (Å²) in [5.74, 6) is 0.472. The first-order chi connectivity index (χ1) is 6.02. The van der Waals surface area contributed by atoms with Crippen molar-refractivity contribution in [2.75, 3.05) is 0 Å². The Labute approximate surface area is 78.9 Å². The zero-order valence-corrected chi connectivity index (χ0v) is 8.54. The van der Waals surface area contributed by atoms with E-state index in [0.717, 1.165) is 16.1 Å². The number of hydrogen-bond acceptors (Lipinski definition) is 1. The third kappa shape index (κ3) is 2.08. The highest BCUT2D eigenvalue weighted by molar-refractivity contribution is 5.45. The Kier molecular flexibility index (Phi) is 2.71. The Morgan fingerprint density at radius 1 is 1.62 bits per heavy atom. The van der Waals surface area contributed by atoms with Crippen LogP contribution in [0.25, 0.3) is 12.7 Å². The minimum Gasteiger partial charge on any atom is -0.269 e. The molecule has 0 atom stereocenters. The summed E-state index contributed by atoms with van der Waals surface area (Å²) in [5, 5.41) is 6.10. The first kappa shape index (κ1) is 9.78. The Hall–Kier alpha value is -1.31. The summed E-state index contributed by atoms with van der Waals surface area (Å²) in [6, 6.07) is 0. The van der Waals surface area contributed by atoms with Crippen LogP contribution in [-0.4, -0.2) is 9.78 Å². The van der Waals surface area contributed by atoms with Gasteiger partial charge >= 0.3 is 0 Å². The molecule has 0 amide bonds. The Morgan fingerprint density at radius 3 is 2.62 bits per heavy atom. The van der Waals surface area contributed by atoms with E-state index >= 15 is 0 Å². The SMILES string of the molecule is C=C(/C=c1/cnn(C)c1=C)C(C)C. The van der Waals surface area contributed by atoms with Gasteiger partial charge < -0.3 is 0 Å². The topological polar surface area (TPSA) is 17.8 Å². The van der Waals surface area contributed by atoms with E-state index < -0.39 is 0 Å². The number of aryl methyl sites for hydroxylation is 1. The number of nitrogens with zero attached hydrogens (tertiary/aromatic N) is 2. The molecule has 70 valence electrons. The van der Waals surface area contributed by atoms with Crippen LogP contribution in [-0.2, 0) is 7.05 Å². The van der Waals surface area contributed by atoms with Crippen LogP contribution in [0.4, 0.5) is 0 Å². The van der Waals surface area contributed by atoms with Gasteiger partial charge in [0.2, 0.25) is 0 Å². The van der Waals surface area contributed by atoms with Gasteiger partial charge in [-0.1, -0.05) is 32.6 Å². The van der Waals surface area contributed by atoms with E-state index in [1.807, 2.05) is 19.3 Å². The molecule has 0 aliphatic heterocycles. The highest BCUT2D eigenvalue weighted by atomic mass is 15.2. The summed E-state index contributed by atoms with van der Waals surface area (Å²) in [6.07, 6.45) is 3.86. The quantitative estimate of drug-likeness (QED) is 0.652. The molecule has 0 saturated heterocycles. The summed E-state index contributed by atoms with van der Waals surface area (Å²) in [7, 11) is 1.89. The second kappa shape index (κ2) is 3.60. The van der Waals surface area contributed by atoms with Gasteiger partial charge in [-0.2, -0.15) is 5.10 Å². The molecule has 0 fully saturated rings. The minimum atomic E-state index is 0.472. The predicted molar refractivity (Wildman–Crippen MR) is 56.4 cm³/mol. The van der Waals surface area contributed by atoms with E-state index in [0.29, 0.717) is 5.92 Å². The number of aromatic nitrogens is 2. The average Bonchev–Trinajstić information content (AvgIpc) is 2.36. The lowest BCUT2D eigenvalue weighted by Gasteiger charge is -2.01. The van der Waals surface area contributed by atoms with Gasteiger partial charge in [-0.3, -0.25) is 4.68 Å². The Bertz CT molecular complexity index is 410. The molecule has 0 aromatic carbocycles. The van der Waals surface area contributed by atoms with Crippen molar-refractivity contribution in [2.45, 2.75) is 13.8 Å². The molecule has 0 radical (unpaired) electrons. The van der Waals surface area contributed by atoms with E-state index in [2.05, 4.69) is 32.1 Å². The Morgan fingerprint density at radius 2 is 2.23 bits per heavy atom. The second-order valence-corrected chi connectivity index (χ2v) is 3.54. The molecule has 2 heteroatoms. The van der Waals surface area contributed by atoms with E-state index in [1.54, 1.807) is 4.68 Å². The maximum atomic E-state index is 4.11. The molecule has 1 heterocycles. The molecule has 1 rings (SSSR count). The lowest BCUT2D eigenvalue weighted by atomic mass is 10.0. The molecule has 13 heavy (non-hydrogen) atoms. The van der Waals surface area contributed by atoms with Crippen molar-refractivity contribution in [3.8, 4) is 0 Å². The van der Waals surface area contributed by atoms with Gasteiger partial charge in [-0.25, -0.2) is 0 Å². The van der Waals surface area contributed by atoms with E-state index in [4.69, 9.17) is 0 Å². The average molecular weight is 176 g/mol. The lowest BCUT2D eigenvalue weighted by Crippen LogP contribution is -2.26. The molecule has 0 unspecified atom stereocenters. The van der Waals surface area contributed by atoms with E-state index in [1.165, 1.54) is 0 Å². The van der Waals surface area contributed by atoms with Gasteiger partial charge in [-0.15, -0.1) is 0 Å². The van der Waals surface area contributed by atoms with Crippen LogP contribution in [0.5, 0.6) is 0 Å². The summed E-state index contributed by atoms with van der Waals surface area (Å²) in [5.41, 5.74) is 1.11. The molecule has 0 N–H and O–H groups in total. The highest BCUT2D eigenvalue weighted by Gasteiger charge is 1.96. The summed E-state index contributed by atoms with van der Waals surface area (Å²) in [6.45, 7) is 12.1. The van der Waals surface area contributed by atoms with E-state index in [-0.39, 0.29) is 0 Å². The second-order valence-electron chi connectivity index (χ2n) is 3.54. The lowest BCUT2D eigenvalue weighted by molar-refractivity contribution is 0.744. The summed E-state index contributed by atoms with van der Waals surface area (Å²) >= 11 is 0. The number of rotatable bonds is 2. The third-order valence-electron chi connectivity index (χ3n) is 2.18. The van der Waals surface area contributed by atoms with E-state index in [9.17, 15) is 0 Å². The maximum Gasteiger partial charge on any atom is 0.0607 e. The molecule has 0 aliphatic carbocycles. The summed E-state index contributed by atoms with van der Waals surface area (Å²) < 4.78 is 1.76. The predicted octanol–water partition coefficient (Wildman–Crippen LogP) is 0.823. The zero-order valence-electron chi connectivity index (χ0n) is 8.54. The van der Waals surface area contributed by atoms with Crippen molar-refractivity contribution in [2.24, 2.45) is 13.0 Å². The molecule has 1 aromatic heterocycles. The maximum absolute atomic E-state index is 4.11. The standard InChI is InChI=1S/C11H16N2/c1-8(2)9(3)6-11-7-12-13(5)10(11)4/h6-8H,3-4H2,1-2,5H3/b11-6-. The molecule has 1 aromatic rings. The van der Waals surface area contributed by atoms with Gasteiger partial charge in [0, 0.05) is 12.3 Å².